The topological polar surface area (TPSA) is 29.4 Å². The van der Waals surface area contributed by atoms with Gasteiger partial charge in [0, 0.05) is 38.1 Å². The number of ether oxygens (including phenoxy) is 1. The summed E-state index contributed by atoms with van der Waals surface area (Å²) in [6, 6.07) is 2.25. The van der Waals surface area contributed by atoms with Crippen LogP contribution in [0.3, 0.4) is 0 Å². The third-order valence-electron chi connectivity index (χ3n) is 3.30. The molecule has 4 heteroatoms. The van der Waals surface area contributed by atoms with Crippen molar-refractivity contribution in [2.75, 3.05) is 40.4 Å². The average Bonchev–Trinajstić information content (AvgIpc) is 2.55. The Morgan fingerprint density at radius 3 is 2.56 bits per heavy atom. The number of hydrogen-bond donors (Lipinski definition) is 1. The Labute approximate surface area is 111 Å². The molecule has 0 atom stereocenters. The SMILES string of the molecule is Cc1cc(CNCCOCCN(C)C)c(C)n1C. The summed E-state index contributed by atoms with van der Waals surface area (Å²) in [5, 5.41) is 3.42. The van der Waals surface area contributed by atoms with Gasteiger partial charge in [-0.25, -0.2) is 0 Å². The third kappa shape index (κ3) is 4.80. The van der Waals surface area contributed by atoms with E-state index < -0.39 is 0 Å². The molecule has 104 valence electrons. The van der Waals surface area contributed by atoms with Crippen molar-refractivity contribution in [1.29, 1.82) is 0 Å². The van der Waals surface area contributed by atoms with Crippen molar-refractivity contribution in [3.8, 4) is 0 Å². The molecule has 1 rings (SSSR count). The number of likely N-dealkylation sites (N-methyl/N-ethyl adjacent to an activating group) is 1. The molecule has 0 unspecified atom stereocenters. The Balaban J connectivity index is 2.13. The highest BCUT2D eigenvalue weighted by Gasteiger charge is 2.04. The maximum absolute atomic E-state index is 5.53. The van der Waals surface area contributed by atoms with E-state index in [0.717, 1.165) is 32.8 Å². The minimum Gasteiger partial charge on any atom is -0.379 e. The summed E-state index contributed by atoms with van der Waals surface area (Å²) in [4.78, 5) is 2.13. The van der Waals surface area contributed by atoms with Crippen molar-refractivity contribution >= 4 is 0 Å². The highest BCUT2D eigenvalue weighted by atomic mass is 16.5. The van der Waals surface area contributed by atoms with Crippen LogP contribution in [0, 0.1) is 13.8 Å². The molecular weight excluding hydrogens is 226 g/mol. The predicted molar refractivity (Wildman–Crippen MR) is 76.0 cm³/mol. The molecule has 0 fully saturated rings. The highest BCUT2D eigenvalue weighted by molar-refractivity contribution is 5.26. The van der Waals surface area contributed by atoms with E-state index in [2.05, 4.69) is 55.8 Å². The molecule has 4 nitrogen and oxygen atoms in total. The van der Waals surface area contributed by atoms with Crippen LogP contribution < -0.4 is 5.32 Å². The van der Waals surface area contributed by atoms with Gasteiger partial charge in [-0.15, -0.1) is 0 Å². The molecule has 0 bridgehead atoms. The van der Waals surface area contributed by atoms with E-state index in [1.165, 1.54) is 17.0 Å². The zero-order valence-corrected chi connectivity index (χ0v) is 12.4. The van der Waals surface area contributed by atoms with Gasteiger partial charge in [0.05, 0.1) is 13.2 Å². The molecule has 1 aromatic rings. The fourth-order valence-corrected chi connectivity index (χ4v) is 1.83. The van der Waals surface area contributed by atoms with Crippen molar-refractivity contribution in [1.82, 2.24) is 14.8 Å². The molecule has 0 aliphatic carbocycles. The Morgan fingerprint density at radius 2 is 2.00 bits per heavy atom. The molecule has 0 saturated heterocycles. The van der Waals surface area contributed by atoms with Crippen LogP contribution in [0.2, 0.25) is 0 Å². The Kier molecular flexibility index (Phi) is 6.39. The molecule has 0 aliphatic rings. The fourth-order valence-electron chi connectivity index (χ4n) is 1.83. The molecule has 0 amide bonds. The van der Waals surface area contributed by atoms with Gasteiger partial charge in [-0.1, -0.05) is 0 Å². The number of hydrogen-bond acceptors (Lipinski definition) is 3. The summed E-state index contributed by atoms with van der Waals surface area (Å²) in [7, 11) is 6.22. The maximum Gasteiger partial charge on any atom is 0.0593 e. The first kappa shape index (κ1) is 15.2. The van der Waals surface area contributed by atoms with E-state index >= 15 is 0 Å². The number of aromatic nitrogens is 1. The van der Waals surface area contributed by atoms with Crippen LogP contribution in [0.15, 0.2) is 6.07 Å². The van der Waals surface area contributed by atoms with E-state index in [1.807, 2.05) is 0 Å². The van der Waals surface area contributed by atoms with E-state index in [0.29, 0.717) is 0 Å². The lowest BCUT2D eigenvalue weighted by Gasteiger charge is -2.10. The fraction of sp³-hybridized carbons (Fsp3) is 0.714. The van der Waals surface area contributed by atoms with E-state index in [4.69, 9.17) is 4.74 Å². The zero-order chi connectivity index (χ0) is 13.5. The number of nitrogens with zero attached hydrogens (tertiary/aromatic N) is 2. The lowest BCUT2D eigenvalue weighted by Crippen LogP contribution is -2.23. The van der Waals surface area contributed by atoms with E-state index in [9.17, 15) is 0 Å². The first-order valence-electron chi connectivity index (χ1n) is 6.57. The van der Waals surface area contributed by atoms with Gasteiger partial charge in [-0.2, -0.15) is 0 Å². The summed E-state index contributed by atoms with van der Waals surface area (Å²) < 4.78 is 7.76. The monoisotopic (exact) mass is 253 g/mol. The summed E-state index contributed by atoms with van der Waals surface area (Å²) in [5.41, 5.74) is 4.03. The number of aryl methyl sites for hydroxylation is 1. The lowest BCUT2D eigenvalue weighted by molar-refractivity contribution is 0.119. The summed E-state index contributed by atoms with van der Waals surface area (Å²) in [5.74, 6) is 0. The molecule has 0 saturated carbocycles. The van der Waals surface area contributed by atoms with Crippen LogP contribution in [-0.2, 0) is 18.3 Å². The van der Waals surface area contributed by atoms with Crippen LogP contribution in [0.4, 0.5) is 0 Å². The van der Waals surface area contributed by atoms with Gasteiger partial charge in [0.15, 0.2) is 0 Å². The average molecular weight is 253 g/mol. The first-order chi connectivity index (χ1) is 8.52. The first-order valence-corrected chi connectivity index (χ1v) is 6.57. The largest absolute Gasteiger partial charge is 0.379 e. The van der Waals surface area contributed by atoms with Gasteiger partial charge in [0.25, 0.3) is 0 Å². The summed E-state index contributed by atoms with van der Waals surface area (Å²) in [6.45, 7) is 8.69. The second kappa shape index (κ2) is 7.56. The van der Waals surface area contributed by atoms with Crippen molar-refractivity contribution in [3.05, 3.63) is 23.0 Å². The van der Waals surface area contributed by atoms with Gasteiger partial charge >= 0.3 is 0 Å². The number of rotatable bonds is 8. The van der Waals surface area contributed by atoms with Gasteiger partial charge < -0.3 is 19.5 Å². The minimum absolute atomic E-state index is 0.776. The molecule has 0 radical (unpaired) electrons. The number of nitrogens with one attached hydrogen (secondary N) is 1. The Hall–Kier alpha value is -0.840. The molecule has 18 heavy (non-hydrogen) atoms. The van der Waals surface area contributed by atoms with E-state index in [1.54, 1.807) is 0 Å². The zero-order valence-electron chi connectivity index (χ0n) is 12.4. The highest BCUT2D eigenvalue weighted by Crippen LogP contribution is 2.12. The molecule has 1 aromatic heterocycles. The smallest absolute Gasteiger partial charge is 0.0593 e. The minimum atomic E-state index is 0.776. The molecule has 0 spiro atoms. The van der Waals surface area contributed by atoms with Gasteiger partial charge in [-0.05, 0) is 39.6 Å². The summed E-state index contributed by atoms with van der Waals surface area (Å²) in [6.07, 6.45) is 0. The van der Waals surface area contributed by atoms with Crippen molar-refractivity contribution in [3.63, 3.8) is 0 Å². The van der Waals surface area contributed by atoms with Crippen LogP contribution in [0.1, 0.15) is 17.0 Å². The standard InChI is InChI=1S/C14H27N3O/c1-12-10-14(13(2)17(12)5)11-15-6-8-18-9-7-16(3)4/h10,15H,6-9,11H2,1-5H3. The second-order valence-corrected chi connectivity index (χ2v) is 5.05. The lowest BCUT2D eigenvalue weighted by atomic mass is 10.2. The van der Waals surface area contributed by atoms with Crippen LogP contribution >= 0.6 is 0 Å². The normalized spacial score (nSPS) is 11.4. The molecular formula is C14H27N3O. The van der Waals surface area contributed by atoms with Crippen LogP contribution in [0.25, 0.3) is 0 Å². The third-order valence-corrected chi connectivity index (χ3v) is 3.30. The predicted octanol–water partition coefficient (Wildman–Crippen LogP) is 1.31. The van der Waals surface area contributed by atoms with Crippen LogP contribution in [-0.4, -0.2) is 49.9 Å². The quantitative estimate of drug-likeness (QED) is 0.708. The molecule has 1 N–H and O–H groups in total. The molecule has 1 heterocycles. The molecule has 0 aromatic carbocycles. The maximum atomic E-state index is 5.53. The Morgan fingerprint density at radius 1 is 1.28 bits per heavy atom. The van der Waals surface area contributed by atoms with Gasteiger partial charge in [0.2, 0.25) is 0 Å². The molecule has 0 aliphatic heterocycles. The Bertz CT molecular complexity index is 358. The van der Waals surface area contributed by atoms with E-state index in [-0.39, 0.29) is 0 Å². The van der Waals surface area contributed by atoms with Crippen molar-refractivity contribution in [2.45, 2.75) is 20.4 Å². The van der Waals surface area contributed by atoms with Crippen molar-refractivity contribution < 1.29 is 4.74 Å². The van der Waals surface area contributed by atoms with Crippen molar-refractivity contribution in [2.24, 2.45) is 7.05 Å². The summed E-state index contributed by atoms with van der Waals surface area (Å²) >= 11 is 0. The second-order valence-electron chi connectivity index (χ2n) is 5.05. The van der Waals surface area contributed by atoms with Crippen LogP contribution in [0.5, 0.6) is 0 Å². The van der Waals surface area contributed by atoms with Gasteiger partial charge in [-0.3, -0.25) is 0 Å². The van der Waals surface area contributed by atoms with Gasteiger partial charge in [0.1, 0.15) is 0 Å².